The van der Waals surface area contributed by atoms with Crippen molar-refractivity contribution in [2.45, 2.75) is 31.7 Å². The third-order valence-corrected chi connectivity index (χ3v) is 5.97. The van der Waals surface area contributed by atoms with Crippen molar-refractivity contribution >= 4 is 11.6 Å². The number of pyridine rings is 1. The third-order valence-electron chi connectivity index (χ3n) is 5.97. The number of fused-ring (bicyclic) bond motifs is 3. The Balaban J connectivity index is 1.45. The van der Waals surface area contributed by atoms with Crippen molar-refractivity contribution in [2.24, 2.45) is 0 Å². The second-order valence-corrected chi connectivity index (χ2v) is 8.02. The predicted molar refractivity (Wildman–Crippen MR) is 118 cm³/mol. The van der Waals surface area contributed by atoms with Gasteiger partial charge >= 0.3 is 0 Å². The number of nitrogens with zero attached hydrogens (tertiary/aromatic N) is 3. The summed E-state index contributed by atoms with van der Waals surface area (Å²) in [5.41, 5.74) is 2.95. The maximum Gasteiger partial charge on any atom is 0.244 e. The number of methoxy groups -OCH3 is 1. The highest BCUT2D eigenvalue weighted by molar-refractivity contribution is 5.99. The van der Waals surface area contributed by atoms with Crippen LogP contribution in [-0.2, 0) is 17.9 Å². The summed E-state index contributed by atoms with van der Waals surface area (Å²) < 4.78 is 11.6. The van der Waals surface area contributed by atoms with Crippen molar-refractivity contribution in [3.8, 4) is 11.5 Å². The number of amides is 1. The van der Waals surface area contributed by atoms with Gasteiger partial charge in [-0.05, 0) is 41.5 Å². The molecule has 31 heavy (non-hydrogen) atoms. The zero-order chi connectivity index (χ0) is 21.2. The predicted octanol–water partition coefficient (Wildman–Crippen LogP) is 3.66. The number of ether oxygens (including phenoxy) is 2. The molecule has 2 aliphatic heterocycles. The van der Waals surface area contributed by atoms with E-state index in [2.05, 4.69) is 22.0 Å². The average molecular weight is 415 g/mol. The number of hydrogen-bond acceptors (Lipinski definition) is 5. The van der Waals surface area contributed by atoms with Crippen LogP contribution in [0.1, 0.15) is 17.5 Å². The number of hydrogen-bond donors (Lipinski definition) is 0. The fourth-order valence-electron chi connectivity index (χ4n) is 4.44. The first-order valence-corrected chi connectivity index (χ1v) is 10.5. The summed E-state index contributed by atoms with van der Waals surface area (Å²) in [6, 6.07) is 19.5. The molecule has 2 atom stereocenters. The molecular weight excluding hydrogens is 390 g/mol. The van der Waals surface area contributed by atoms with Gasteiger partial charge < -0.3 is 14.4 Å². The minimum Gasteiger partial charge on any atom is -0.497 e. The Morgan fingerprint density at radius 2 is 1.87 bits per heavy atom. The minimum atomic E-state index is -0.225. The molecule has 1 amide bonds. The molecule has 6 nitrogen and oxygen atoms in total. The largest absolute Gasteiger partial charge is 0.497 e. The smallest absolute Gasteiger partial charge is 0.244 e. The number of aromatic nitrogens is 1. The fraction of sp³-hybridized carbons (Fsp3) is 0.280. The Bertz CT molecular complexity index is 1060. The number of anilines is 1. The van der Waals surface area contributed by atoms with Gasteiger partial charge in [-0.25, -0.2) is 0 Å². The summed E-state index contributed by atoms with van der Waals surface area (Å²) in [5.74, 6) is 1.69. The van der Waals surface area contributed by atoms with Gasteiger partial charge in [0.1, 0.15) is 17.6 Å². The topological polar surface area (TPSA) is 54.9 Å². The van der Waals surface area contributed by atoms with Gasteiger partial charge in [-0.2, -0.15) is 0 Å². The minimum absolute atomic E-state index is 0.00566. The van der Waals surface area contributed by atoms with E-state index in [0.29, 0.717) is 19.5 Å². The lowest BCUT2D eigenvalue weighted by molar-refractivity contribution is -0.123. The summed E-state index contributed by atoms with van der Waals surface area (Å²) >= 11 is 0. The van der Waals surface area contributed by atoms with E-state index >= 15 is 0 Å². The van der Waals surface area contributed by atoms with E-state index in [-0.39, 0.29) is 18.1 Å². The quantitative estimate of drug-likeness (QED) is 0.637. The Hall–Kier alpha value is -3.38. The van der Waals surface area contributed by atoms with Crippen molar-refractivity contribution in [1.29, 1.82) is 0 Å². The highest BCUT2D eigenvalue weighted by Crippen LogP contribution is 2.37. The van der Waals surface area contributed by atoms with Crippen LogP contribution >= 0.6 is 0 Å². The summed E-state index contributed by atoms with van der Waals surface area (Å²) in [6.07, 6.45) is 4.23. The fourth-order valence-corrected chi connectivity index (χ4v) is 4.44. The van der Waals surface area contributed by atoms with Gasteiger partial charge in [-0.1, -0.05) is 30.3 Å². The van der Waals surface area contributed by atoms with E-state index in [1.54, 1.807) is 13.3 Å². The van der Waals surface area contributed by atoms with Gasteiger partial charge in [-0.3, -0.25) is 14.7 Å². The van der Waals surface area contributed by atoms with Crippen LogP contribution in [0.15, 0.2) is 73.1 Å². The number of carbonyl (C=O) groups is 1. The highest BCUT2D eigenvalue weighted by Gasteiger charge is 2.42. The molecule has 1 aromatic heterocycles. The van der Waals surface area contributed by atoms with E-state index < -0.39 is 0 Å². The van der Waals surface area contributed by atoms with Gasteiger partial charge in [0.05, 0.1) is 25.4 Å². The van der Waals surface area contributed by atoms with Crippen LogP contribution in [0, 0.1) is 0 Å². The van der Waals surface area contributed by atoms with Gasteiger partial charge in [0.2, 0.25) is 5.91 Å². The molecule has 0 spiro atoms. The van der Waals surface area contributed by atoms with E-state index in [0.717, 1.165) is 34.9 Å². The average Bonchev–Trinajstić information content (AvgIpc) is 3.21. The summed E-state index contributed by atoms with van der Waals surface area (Å²) in [5, 5.41) is 0. The lowest BCUT2D eigenvalue weighted by atomic mass is 10.1. The Kier molecular flexibility index (Phi) is 5.30. The normalized spacial score (nSPS) is 20.5. The van der Waals surface area contributed by atoms with Crippen molar-refractivity contribution < 1.29 is 14.3 Å². The van der Waals surface area contributed by atoms with E-state index in [4.69, 9.17) is 9.47 Å². The second-order valence-electron chi connectivity index (χ2n) is 8.02. The zero-order valence-corrected chi connectivity index (χ0v) is 17.5. The highest BCUT2D eigenvalue weighted by atomic mass is 16.5. The number of para-hydroxylation sites is 2. The van der Waals surface area contributed by atoms with Crippen LogP contribution in [0.4, 0.5) is 5.69 Å². The van der Waals surface area contributed by atoms with Crippen molar-refractivity contribution in [3.63, 3.8) is 0 Å². The summed E-state index contributed by atoms with van der Waals surface area (Å²) in [6.45, 7) is 1.87. The molecule has 0 N–H and O–H groups in total. The van der Waals surface area contributed by atoms with Gasteiger partial charge in [0.25, 0.3) is 0 Å². The monoisotopic (exact) mass is 415 g/mol. The molecule has 1 saturated heterocycles. The van der Waals surface area contributed by atoms with Crippen LogP contribution in [0.25, 0.3) is 0 Å². The van der Waals surface area contributed by atoms with Gasteiger partial charge in [0, 0.05) is 31.9 Å². The number of likely N-dealkylation sites (tertiary alicyclic amines) is 1. The molecule has 0 unspecified atom stereocenters. The first-order chi connectivity index (χ1) is 15.2. The number of rotatable bonds is 5. The Labute approximate surface area is 182 Å². The summed E-state index contributed by atoms with van der Waals surface area (Å²) in [4.78, 5) is 22.1. The van der Waals surface area contributed by atoms with E-state index in [1.807, 2.05) is 59.6 Å². The lowest BCUT2D eigenvalue weighted by Gasteiger charge is -2.32. The van der Waals surface area contributed by atoms with Crippen molar-refractivity contribution in [1.82, 2.24) is 9.88 Å². The Morgan fingerprint density at radius 1 is 1.03 bits per heavy atom. The molecule has 5 rings (SSSR count). The number of benzene rings is 2. The van der Waals surface area contributed by atoms with E-state index in [9.17, 15) is 4.79 Å². The van der Waals surface area contributed by atoms with Crippen LogP contribution < -0.4 is 14.4 Å². The van der Waals surface area contributed by atoms with Crippen LogP contribution in [0.5, 0.6) is 11.5 Å². The molecule has 2 bridgehead atoms. The van der Waals surface area contributed by atoms with Gasteiger partial charge in [0.15, 0.2) is 0 Å². The van der Waals surface area contributed by atoms with Crippen molar-refractivity contribution in [3.05, 3.63) is 84.2 Å². The van der Waals surface area contributed by atoms with Gasteiger partial charge in [-0.15, -0.1) is 0 Å². The maximum atomic E-state index is 13.8. The maximum absolute atomic E-state index is 13.8. The second kappa shape index (κ2) is 8.40. The molecule has 158 valence electrons. The lowest BCUT2D eigenvalue weighted by Crippen LogP contribution is -2.45. The van der Waals surface area contributed by atoms with Crippen LogP contribution in [0.2, 0.25) is 0 Å². The molecule has 2 aliphatic rings. The molecule has 3 aromatic rings. The van der Waals surface area contributed by atoms with Crippen LogP contribution in [-0.4, -0.2) is 41.6 Å². The zero-order valence-electron chi connectivity index (χ0n) is 17.5. The molecule has 2 aromatic carbocycles. The Morgan fingerprint density at radius 3 is 2.65 bits per heavy atom. The molecule has 0 radical (unpaired) electrons. The molecule has 0 saturated carbocycles. The molecule has 3 heterocycles. The van der Waals surface area contributed by atoms with Crippen molar-refractivity contribution in [2.75, 3.05) is 18.6 Å². The summed E-state index contributed by atoms with van der Waals surface area (Å²) in [7, 11) is 1.66. The number of carbonyl (C=O) groups excluding carboxylic acids is 1. The molecular formula is C25H25N3O3. The standard InChI is InChI=1S/C25H25N3O3/c1-30-20-10-8-18(9-11-20)15-27-17-21-13-23(27)25(29)28(16-19-5-4-12-26-14-19)22-6-2-3-7-24(22)31-21/h2-12,14,21,23H,13,15-17H2,1H3/t21-,23-/m0/s1. The van der Waals surface area contributed by atoms with E-state index in [1.165, 1.54) is 0 Å². The molecule has 6 heteroatoms. The SMILES string of the molecule is COc1ccc(CN2C[C@@H]3C[C@H]2C(=O)N(Cc2cccnc2)c2ccccc2O3)cc1. The first-order valence-electron chi connectivity index (χ1n) is 10.5. The van der Waals surface area contributed by atoms with Crippen LogP contribution in [0.3, 0.4) is 0 Å². The molecule has 0 aliphatic carbocycles. The molecule has 1 fully saturated rings. The third kappa shape index (κ3) is 3.99. The first kappa shape index (κ1) is 19.6.